The molecule has 2 saturated heterocycles. The van der Waals surface area contributed by atoms with Gasteiger partial charge < -0.3 is 29.8 Å². The van der Waals surface area contributed by atoms with E-state index in [2.05, 4.69) is 4.74 Å². The van der Waals surface area contributed by atoms with Crippen LogP contribution < -0.4 is 5.73 Å². The van der Waals surface area contributed by atoms with Crippen LogP contribution in [0.5, 0.6) is 0 Å². The second-order valence-corrected chi connectivity index (χ2v) is 16.6. The summed E-state index contributed by atoms with van der Waals surface area (Å²) in [4.78, 5) is 73.8. The molecule has 324 valence electrons. The van der Waals surface area contributed by atoms with Crippen molar-refractivity contribution in [3.8, 4) is 0 Å². The van der Waals surface area contributed by atoms with Gasteiger partial charge in [-0.3, -0.25) is 24.2 Å². The van der Waals surface area contributed by atoms with Crippen LogP contribution in [-0.4, -0.2) is 107 Å². The predicted octanol–water partition coefficient (Wildman–Crippen LogP) is 7.52. The van der Waals surface area contributed by atoms with Crippen molar-refractivity contribution in [1.82, 2.24) is 9.80 Å². The standard InChI is InChI=1S/C21H28ClNO5.C10H12ClNO2.C10H17NO4.CH4/c1-21(2,3)28-20(26)23-11-5-6-17(23)18(24)13-15(19(25)27-4)12-14-7-9-16(22)10-8-14;1-14-10(13)9(12)6-7-2-4-8(11)5-3-7;1-10(2,3)15-9(14)11-6-4-5-7(11)8(12)13;/h7-10,15,17H,5-6,11-13H2,1-4H3;2-5,9H,6,12H2,1H3;7H,4-6H2,1-3H3,(H,12,13);1H4/t;;7-;/m..0./s1. The summed E-state index contributed by atoms with van der Waals surface area (Å²) in [6, 6.07) is 12.4. The Morgan fingerprint density at radius 3 is 1.50 bits per heavy atom. The zero-order valence-electron chi connectivity index (χ0n) is 34.0. The van der Waals surface area contributed by atoms with Gasteiger partial charge in [0.15, 0.2) is 5.78 Å². The number of ketones is 1. The zero-order chi connectivity index (χ0) is 43.1. The van der Waals surface area contributed by atoms with Crippen LogP contribution in [-0.2, 0) is 51.0 Å². The number of carboxylic acid groups (broad SMARTS) is 1. The third-order valence-electron chi connectivity index (χ3n) is 8.67. The third-order valence-corrected chi connectivity index (χ3v) is 9.17. The fourth-order valence-electron chi connectivity index (χ4n) is 6.00. The first-order chi connectivity index (χ1) is 26.5. The summed E-state index contributed by atoms with van der Waals surface area (Å²) >= 11 is 11.6. The van der Waals surface area contributed by atoms with E-state index in [9.17, 15) is 28.8 Å². The molecule has 3 unspecified atom stereocenters. The molecule has 3 N–H and O–H groups in total. The molecular formula is C42H61Cl2N3O11. The van der Waals surface area contributed by atoms with E-state index in [-0.39, 0.29) is 19.6 Å². The highest BCUT2D eigenvalue weighted by atomic mass is 35.5. The molecule has 14 nitrogen and oxygen atoms in total. The van der Waals surface area contributed by atoms with Gasteiger partial charge in [-0.2, -0.15) is 0 Å². The average Bonchev–Trinajstić information content (AvgIpc) is 3.83. The molecule has 2 aromatic carbocycles. The number of methoxy groups -OCH3 is 2. The van der Waals surface area contributed by atoms with Gasteiger partial charge in [0, 0.05) is 29.6 Å². The Bertz CT molecular complexity index is 1660. The summed E-state index contributed by atoms with van der Waals surface area (Å²) in [5.41, 5.74) is 6.24. The van der Waals surface area contributed by atoms with Gasteiger partial charge in [-0.15, -0.1) is 0 Å². The lowest BCUT2D eigenvalue weighted by molar-refractivity contribution is -0.147. The van der Waals surface area contributed by atoms with E-state index in [1.165, 1.54) is 24.0 Å². The predicted molar refractivity (Wildman–Crippen MR) is 222 cm³/mol. The minimum Gasteiger partial charge on any atom is -0.480 e. The van der Waals surface area contributed by atoms with Gasteiger partial charge in [0.25, 0.3) is 0 Å². The summed E-state index contributed by atoms with van der Waals surface area (Å²) in [6.45, 7) is 11.6. The molecule has 0 aliphatic carbocycles. The number of ether oxygens (including phenoxy) is 4. The number of likely N-dealkylation sites (tertiary alicyclic amines) is 2. The molecule has 2 heterocycles. The van der Waals surface area contributed by atoms with Crippen LogP contribution >= 0.6 is 23.2 Å². The second-order valence-electron chi connectivity index (χ2n) is 15.7. The van der Waals surface area contributed by atoms with Gasteiger partial charge >= 0.3 is 30.1 Å². The van der Waals surface area contributed by atoms with Gasteiger partial charge in [-0.1, -0.05) is 54.9 Å². The first-order valence-electron chi connectivity index (χ1n) is 18.7. The summed E-state index contributed by atoms with van der Waals surface area (Å²) in [6.07, 6.45) is 2.36. The molecule has 2 aliphatic heterocycles. The van der Waals surface area contributed by atoms with Crippen molar-refractivity contribution in [3.63, 3.8) is 0 Å². The lowest BCUT2D eigenvalue weighted by atomic mass is 9.91. The number of hydrogen-bond donors (Lipinski definition) is 2. The summed E-state index contributed by atoms with van der Waals surface area (Å²) in [5, 5.41) is 10.2. The lowest BCUT2D eigenvalue weighted by Gasteiger charge is -2.28. The molecule has 0 radical (unpaired) electrons. The molecule has 2 aliphatic rings. The number of hydrogen-bond acceptors (Lipinski definition) is 11. The van der Waals surface area contributed by atoms with Crippen molar-refractivity contribution in [1.29, 1.82) is 0 Å². The zero-order valence-corrected chi connectivity index (χ0v) is 35.6. The summed E-state index contributed by atoms with van der Waals surface area (Å²) < 4.78 is 19.9. The molecule has 4 atom stereocenters. The number of aliphatic carboxylic acids is 1. The Morgan fingerprint density at radius 1 is 0.707 bits per heavy atom. The first kappa shape index (κ1) is 51.6. The van der Waals surface area contributed by atoms with Crippen LogP contribution in [0.4, 0.5) is 9.59 Å². The van der Waals surface area contributed by atoms with Crippen molar-refractivity contribution < 1.29 is 52.8 Å². The largest absolute Gasteiger partial charge is 0.480 e. The number of nitrogens with zero attached hydrogens (tertiary/aromatic N) is 2. The maximum Gasteiger partial charge on any atom is 0.411 e. The van der Waals surface area contributed by atoms with Crippen LogP contribution in [0, 0.1) is 5.92 Å². The van der Waals surface area contributed by atoms with E-state index in [1.807, 2.05) is 24.3 Å². The quantitative estimate of drug-likeness (QED) is 0.177. The normalized spacial score (nSPS) is 17.2. The molecule has 4 rings (SSSR count). The minimum absolute atomic E-state index is 0. The SMILES string of the molecule is C.CC(C)(C)OC(=O)N1CCC[C@H]1C(=O)O.COC(=O)C(CC(=O)C1CCCN1C(=O)OC(C)(C)C)Cc1ccc(Cl)cc1.COC(=O)C(N)Cc1ccc(Cl)cc1. The van der Waals surface area contributed by atoms with E-state index in [1.54, 1.807) is 65.8 Å². The Morgan fingerprint density at radius 2 is 1.10 bits per heavy atom. The summed E-state index contributed by atoms with van der Waals surface area (Å²) in [7, 11) is 2.63. The minimum atomic E-state index is -0.960. The maximum absolute atomic E-state index is 12.9. The molecule has 2 amide bonds. The highest BCUT2D eigenvalue weighted by Crippen LogP contribution is 2.26. The van der Waals surface area contributed by atoms with Crippen molar-refractivity contribution in [2.24, 2.45) is 11.7 Å². The van der Waals surface area contributed by atoms with Gasteiger partial charge in [0.05, 0.1) is 26.2 Å². The number of carbonyl (C=O) groups is 6. The van der Waals surface area contributed by atoms with Crippen molar-refractivity contribution in [2.45, 2.75) is 123 Å². The highest BCUT2D eigenvalue weighted by molar-refractivity contribution is 6.30. The Hall–Kier alpha value is -4.40. The lowest BCUT2D eigenvalue weighted by Crippen LogP contribution is -2.44. The van der Waals surface area contributed by atoms with E-state index in [0.29, 0.717) is 48.8 Å². The molecule has 58 heavy (non-hydrogen) atoms. The number of benzene rings is 2. The van der Waals surface area contributed by atoms with Crippen LogP contribution in [0.15, 0.2) is 48.5 Å². The average molecular weight is 855 g/mol. The van der Waals surface area contributed by atoms with E-state index in [0.717, 1.165) is 24.0 Å². The number of Topliss-reactive ketones (excluding diaryl/α,β-unsaturated/α-hetero) is 1. The number of esters is 2. The molecule has 0 saturated carbocycles. The molecule has 0 spiro atoms. The molecular weight excluding hydrogens is 793 g/mol. The van der Waals surface area contributed by atoms with Crippen molar-refractivity contribution >= 4 is 59.1 Å². The van der Waals surface area contributed by atoms with Crippen LogP contribution in [0.1, 0.15) is 92.2 Å². The fraction of sp³-hybridized carbons (Fsp3) is 0.571. The van der Waals surface area contributed by atoms with Gasteiger partial charge in [0.2, 0.25) is 0 Å². The molecule has 0 aromatic heterocycles. The van der Waals surface area contributed by atoms with Gasteiger partial charge in [-0.05, 0) is 115 Å². The molecule has 2 aromatic rings. The molecule has 16 heteroatoms. The van der Waals surface area contributed by atoms with E-state index in [4.69, 9.17) is 48.3 Å². The highest BCUT2D eigenvalue weighted by Gasteiger charge is 2.39. The second kappa shape index (κ2) is 23.9. The van der Waals surface area contributed by atoms with Gasteiger partial charge in [-0.25, -0.2) is 14.4 Å². The van der Waals surface area contributed by atoms with Crippen molar-refractivity contribution in [3.05, 3.63) is 69.7 Å². The third kappa shape index (κ3) is 18.0. The Labute approximate surface area is 352 Å². The smallest absolute Gasteiger partial charge is 0.411 e. The molecule has 0 bridgehead atoms. The van der Waals surface area contributed by atoms with Gasteiger partial charge in [0.1, 0.15) is 23.3 Å². The number of rotatable bonds is 10. The van der Waals surface area contributed by atoms with E-state index < -0.39 is 65.3 Å². The van der Waals surface area contributed by atoms with Crippen LogP contribution in [0.25, 0.3) is 0 Å². The topological polar surface area (TPSA) is 192 Å². The van der Waals surface area contributed by atoms with E-state index >= 15 is 0 Å². The Kier molecular flexibility index (Phi) is 21.2. The number of halogens is 2. The monoisotopic (exact) mass is 853 g/mol. The number of amides is 2. The number of carbonyl (C=O) groups excluding carboxylic acids is 5. The van der Waals surface area contributed by atoms with Crippen LogP contribution in [0.3, 0.4) is 0 Å². The fourth-order valence-corrected chi connectivity index (χ4v) is 6.25. The Balaban J connectivity index is 0.000000474. The number of nitrogens with two attached hydrogens (primary N) is 1. The van der Waals surface area contributed by atoms with Crippen LogP contribution in [0.2, 0.25) is 10.0 Å². The summed E-state index contributed by atoms with van der Waals surface area (Å²) in [5.74, 6) is -2.56. The maximum atomic E-state index is 12.9. The molecule has 2 fully saturated rings. The number of carboxylic acids is 1. The first-order valence-corrected chi connectivity index (χ1v) is 19.5. The van der Waals surface area contributed by atoms with Crippen molar-refractivity contribution in [2.75, 3.05) is 27.3 Å².